The fourth-order valence-corrected chi connectivity index (χ4v) is 4.43. The molecule has 1 aliphatic rings. The zero-order valence-corrected chi connectivity index (χ0v) is 20.6. The topological polar surface area (TPSA) is 126 Å². The van der Waals surface area contributed by atoms with Crippen LogP contribution in [-0.4, -0.2) is 49.0 Å². The van der Waals surface area contributed by atoms with Gasteiger partial charge < -0.3 is 19.9 Å². The highest BCUT2D eigenvalue weighted by atomic mass is 35.5. The Morgan fingerprint density at radius 2 is 1.91 bits per heavy atom. The fourth-order valence-electron chi connectivity index (χ4n) is 3.28. The third-order valence-corrected chi connectivity index (χ3v) is 6.63. The Morgan fingerprint density at radius 1 is 1.24 bits per heavy atom. The van der Waals surface area contributed by atoms with Crippen molar-refractivity contribution in [3.8, 4) is 0 Å². The Kier molecular flexibility index (Phi) is 7.52. The molecule has 0 saturated heterocycles. The molecule has 0 atom stereocenters. The highest BCUT2D eigenvalue weighted by molar-refractivity contribution is 7.94. The minimum absolute atomic E-state index is 0.0696. The SMILES string of the molecule is CC(C)(C)OC(=O)N1CCc2[nH]c(=O)c(C(=O)NC/C=C/S(=O)(=O)c3ccc(Cl)cc3)cc2C1. The number of amides is 2. The van der Waals surface area contributed by atoms with Gasteiger partial charge in [-0.2, -0.15) is 0 Å². The van der Waals surface area contributed by atoms with Crippen molar-refractivity contribution < 1.29 is 22.7 Å². The predicted molar refractivity (Wildman–Crippen MR) is 128 cm³/mol. The Morgan fingerprint density at radius 3 is 2.56 bits per heavy atom. The van der Waals surface area contributed by atoms with E-state index in [0.29, 0.717) is 29.2 Å². The van der Waals surface area contributed by atoms with Gasteiger partial charge in [0, 0.05) is 35.6 Å². The summed E-state index contributed by atoms with van der Waals surface area (Å²) in [6, 6.07) is 7.16. The van der Waals surface area contributed by atoms with Gasteiger partial charge in [-0.3, -0.25) is 9.59 Å². The number of hydrogen-bond acceptors (Lipinski definition) is 6. The third-order valence-electron chi connectivity index (χ3n) is 4.90. The van der Waals surface area contributed by atoms with Crippen LogP contribution in [0.15, 0.2) is 51.5 Å². The summed E-state index contributed by atoms with van der Waals surface area (Å²) >= 11 is 5.77. The van der Waals surface area contributed by atoms with Crippen LogP contribution in [0.1, 0.15) is 42.4 Å². The summed E-state index contributed by atoms with van der Waals surface area (Å²) in [5.74, 6) is -0.660. The van der Waals surface area contributed by atoms with Gasteiger partial charge in [-0.1, -0.05) is 17.7 Å². The van der Waals surface area contributed by atoms with Gasteiger partial charge in [0.15, 0.2) is 9.84 Å². The number of carbonyl (C=O) groups is 2. The second kappa shape index (κ2) is 10.0. The van der Waals surface area contributed by atoms with E-state index in [4.69, 9.17) is 16.3 Å². The lowest BCUT2D eigenvalue weighted by molar-refractivity contribution is 0.0222. The Labute approximate surface area is 202 Å². The van der Waals surface area contributed by atoms with E-state index in [1.54, 1.807) is 20.8 Å². The van der Waals surface area contributed by atoms with Crippen LogP contribution in [0.4, 0.5) is 4.79 Å². The number of rotatable bonds is 5. The van der Waals surface area contributed by atoms with Crippen LogP contribution >= 0.6 is 11.6 Å². The minimum Gasteiger partial charge on any atom is -0.444 e. The fraction of sp³-hybridized carbons (Fsp3) is 0.348. The van der Waals surface area contributed by atoms with Crippen LogP contribution in [0.3, 0.4) is 0 Å². The molecule has 2 heterocycles. The third kappa shape index (κ3) is 6.48. The van der Waals surface area contributed by atoms with E-state index in [2.05, 4.69) is 10.3 Å². The lowest BCUT2D eigenvalue weighted by Gasteiger charge is -2.31. The maximum Gasteiger partial charge on any atom is 0.410 e. The van der Waals surface area contributed by atoms with Crippen molar-refractivity contribution in [1.82, 2.24) is 15.2 Å². The van der Waals surface area contributed by atoms with Gasteiger partial charge in [0.2, 0.25) is 0 Å². The molecule has 11 heteroatoms. The lowest BCUT2D eigenvalue weighted by Crippen LogP contribution is -2.41. The Hall–Kier alpha value is -3.11. The number of halogens is 1. The second-order valence-electron chi connectivity index (χ2n) is 8.75. The Balaban J connectivity index is 1.66. The maximum absolute atomic E-state index is 12.6. The molecule has 2 N–H and O–H groups in total. The van der Waals surface area contributed by atoms with E-state index in [0.717, 1.165) is 5.41 Å². The number of pyridine rings is 1. The van der Waals surface area contributed by atoms with Crippen LogP contribution in [0.2, 0.25) is 5.02 Å². The van der Waals surface area contributed by atoms with Gasteiger partial charge in [-0.25, -0.2) is 13.2 Å². The first-order valence-corrected chi connectivity index (χ1v) is 12.5. The van der Waals surface area contributed by atoms with E-state index in [1.807, 2.05) is 0 Å². The number of nitrogens with zero attached hydrogens (tertiary/aromatic N) is 1. The van der Waals surface area contributed by atoms with E-state index >= 15 is 0 Å². The molecule has 2 aromatic rings. The normalized spacial score (nSPS) is 14.1. The number of ether oxygens (including phenoxy) is 1. The maximum atomic E-state index is 12.6. The lowest BCUT2D eigenvalue weighted by atomic mass is 10.0. The molecule has 0 unspecified atom stereocenters. The first kappa shape index (κ1) is 25.5. The van der Waals surface area contributed by atoms with E-state index in [1.165, 1.54) is 41.3 Å². The van der Waals surface area contributed by atoms with Crippen molar-refractivity contribution in [2.75, 3.05) is 13.1 Å². The summed E-state index contributed by atoms with van der Waals surface area (Å²) < 4.78 is 30.0. The molecule has 0 spiro atoms. The number of aromatic amines is 1. The zero-order chi connectivity index (χ0) is 25.1. The van der Waals surface area contributed by atoms with E-state index in [9.17, 15) is 22.8 Å². The number of hydrogen-bond donors (Lipinski definition) is 2. The van der Waals surface area contributed by atoms with Crippen molar-refractivity contribution in [3.63, 3.8) is 0 Å². The van der Waals surface area contributed by atoms with Gasteiger partial charge in [-0.05, 0) is 56.7 Å². The highest BCUT2D eigenvalue weighted by Gasteiger charge is 2.27. The van der Waals surface area contributed by atoms with Crippen LogP contribution in [-0.2, 0) is 27.5 Å². The molecule has 1 aromatic carbocycles. The standard InChI is InChI=1S/C23H26ClN3O6S/c1-23(2,3)33-22(30)27-11-9-19-15(14-27)13-18(21(29)26-19)20(28)25-10-4-12-34(31,32)17-7-5-16(24)6-8-17/h4-8,12-13H,9-11,14H2,1-3H3,(H,25,28)(H,26,29)/b12-4+. The number of nitrogens with one attached hydrogen (secondary N) is 2. The van der Waals surface area contributed by atoms with Crippen molar-refractivity contribution >= 4 is 33.4 Å². The Bertz CT molecular complexity index is 1280. The molecular weight excluding hydrogens is 482 g/mol. The largest absolute Gasteiger partial charge is 0.444 e. The van der Waals surface area contributed by atoms with Gasteiger partial charge in [0.1, 0.15) is 11.2 Å². The first-order chi connectivity index (χ1) is 15.9. The monoisotopic (exact) mass is 507 g/mol. The van der Waals surface area contributed by atoms with Crippen molar-refractivity contribution in [3.05, 3.63) is 74.0 Å². The van der Waals surface area contributed by atoms with Gasteiger partial charge >= 0.3 is 6.09 Å². The molecule has 0 radical (unpaired) electrons. The molecule has 0 bridgehead atoms. The average molecular weight is 508 g/mol. The highest BCUT2D eigenvalue weighted by Crippen LogP contribution is 2.20. The number of H-pyrrole nitrogens is 1. The number of fused-ring (bicyclic) bond motifs is 1. The predicted octanol–water partition coefficient (Wildman–Crippen LogP) is 3.04. The minimum atomic E-state index is -3.70. The zero-order valence-electron chi connectivity index (χ0n) is 19.1. The molecule has 34 heavy (non-hydrogen) atoms. The molecular formula is C23H26ClN3O6S. The molecule has 9 nitrogen and oxygen atoms in total. The molecule has 2 amide bonds. The molecule has 3 rings (SSSR count). The van der Waals surface area contributed by atoms with E-state index < -0.39 is 33.0 Å². The second-order valence-corrected chi connectivity index (χ2v) is 11.0. The summed E-state index contributed by atoms with van der Waals surface area (Å²) in [7, 11) is -3.70. The van der Waals surface area contributed by atoms with Crippen LogP contribution < -0.4 is 10.9 Å². The molecule has 0 fully saturated rings. The summed E-state index contributed by atoms with van der Waals surface area (Å²) in [6.07, 6.45) is 1.23. The quantitative estimate of drug-likeness (QED) is 0.640. The van der Waals surface area contributed by atoms with E-state index in [-0.39, 0.29) is 23.5 Å². The van der Waals surface area contributed by atoms with Crippen molar-refractivity contribution in [1.29, 1.82) is 0 Å². The molecule has 1 aromatic heterocycles. The van der Waals surface area contributed by atoms with Gasteiger partial charge in [-0.15, -0.1) is 0 Å². The molecule has 0 saturated carbocycles. The van der Waals surface area contributed by atoms with Crippen LogP contribution in [0.25, 0.3) is 0 Å². The van der Waals surface area contributed by atoms with Crippen LogP contribution in [0.5, 0.6) is 0 Å². The average Bonchev–Trinajstić information content (AvgIpc) is 2.75. The number of aromatic nitrogens is 1. The summed E-state index contributed by atoms with van der Waals surface area (Å²) in [6.45, 7) is 5.80. The summed E-state index contributed by atoms with van der Waals surface area (Å²) in [4.78, 5) is 41.6. The van der Waals surface area contributed by atoms with Gasteiger partial charge in [0.05, 0.1) is 11.4 Å². The summed E-state index contributed by atoms with van der Waals surface area (Å²) in [5.41, 5.74) is -0.0152. The van der Waals surface area contributed by atoms with Gasteiger partial charge in [0.25, 0.3) is 11.5 Å². The van der Waals surface area contributed by atoms with Crippen molar-refractivity contribution in [2.45, 2.75) is 44.2 Å². The first-order valence-electron chi connectivity index (χ1n) is 10.5. The summed E-state index contributed by atoms with van der Waals surface area (Å²) in [5, 5.41) is 3.90. The smallest absolute Gasteiger partial charge is 0.410 e. The molecule has 0 aliphatic carbocycles. The number of sulfone groups is 1. The number of benzene rings is 1. The molecule has 1 aliphatic heterocycles. The number of carbonyl (C=O) groups excluding carboxylic acids is 2. The van der Waals surface area contributed by atoms with Crippen LogP contribution in [0, 0.1) is 0 Å². The van der Waals surface area contributed by atoms with Crippen molar-refractivity contribution in [2.24, 2.45) is 0 Å². The molecule has 182 valence electrons.